The first-order chi connectivity index (χ1) is 8.69. The third kappa shape index (κ3) is 2.76. The Morgan fingerprint density at radius 1 is 1.28 bits per heavy atom. The fraction of sp³-hybridized carbons (Fsp3) is 0.0769. The van der Waals surface area contributed by atoms with E-state index in [0.717, 1.165) is 0 Å². The average Bonchev–Trinajstić information content (AvgIpc) is 2.41. The summed E-state index contributed by atoms with van der Waals surface area (Å²) in [4.78, 5) is 15.5. The fourth-order valence-corrected chi connectivity index (χ4v) is 1.41. The van der Waals surface area contributed by atoms with Gasteiger partial charge in [-0.3, -0.25) is 4.79 Å². The second-order valence-electron chi connectivity index (χ2n) is 3.63. The van der Waals surface area contributed by atoms with Gasteiger partial charge in [-0.25, -0.2) is 4.98 Å². The van der Waals surface area contributed by atoms with Crippen LogP contribution in [0.3, 0.4) is 0 Å². The van der Waals surface area contributed by atoms with Crippen molar-refractivity contribution in [3.05, 3.63) is 48.2 Å². The molecule has 2 rings (SSSR count). The zero-order chi connectivity index (χ0) is 13.0. The normalized spacial score (nSPS) is 9.83. The summed E-state index contributed by atoms with van der Waals surface area (Å²) in [6, 6.07) is 10.1. The molecule has 1 amide bonds. The number of hydrogen-bond acceptors (Lipinski definition) is 4. The summed E-state index contributed by atoms with van der Waals surface area (Å²) >= 11 is 0. The van der Waals surface area contributed by atoms with Crippen molar-refractivity contribution >= 4 is 11.6 Å². The molecule has 0 aliphatic carbocycles. The Morgan fingerprint density at radius 3 is 2.67 bits per heavy atom. The lowest BCUT2D eigenvalue weighted by Crippen LogP contribution is -2.17. The quantitative estimate of drug-likeness (QED) is 0.806. The first kappa shape index (κ1) is 11.9. The van der Waals surface area contributed by atoms with E-state index in [-0.39, 0.29) is 5.91 Å². The summed E-state index contributed by atoms with van der Waals surface area (Å²) in [6.07, 6.45) is 1.53. The van der Waals surface area contributed by atoms with E-state index in [1.54, 1.807) is 43.4 Å². The Bertz CT molecular complexity index is 552. The zero-order valence-electron chi connectivity index (χ0n) is 9.88. The predicted octanol–water partition coefficient (Wildman–Crippen LogP) is 1.82. The first-order valence-corrected chi connectivity index (χ1v) is 5.40. The molecule has 5 heteroatoms. The predicted molar refractivity (Wildman–Crippen MR) is 68.6 cm³/mol. The Balaban J connectivity index is 2.19. The van der Waals surface area contributed by atoms with Crippen LogP contribution in [0.15, 0.2) is 42.6 Å². The van der Waals surface area contributed by atoms with Gasteiger partial charge in [-0.15, -0.1) is 0 Å². The van der Waals surface area contributed by atoms with Crippen molar-refractivity contribution in [1.82, 2.24) is 10.3 Å². The second-order valence-corrected chi connectivity index (χ2v) is 3.63. The van der Waals surface area contributed by atoms with E-state index in [9.17, 15) is 4.79 Å². The molecule has 0 spiro atoms. The van der Waals surface area contributed by atoms with Gasteiger partial charge in [0, 0.05) is 30.6 Å². The Morgan fingerprint density at radius 2 is 2.00 bits per heavy atom. The molecule has 1 aromatic carbocycles. The molecular weight excluding hydrogens is 230 g/mol. The maximum atomic E-state index is 11.5. The molecule has 0 radical (unpaired) electrons. The molecule has 18 heavy (non-hydrogen) atoms. The topological polar surface area (TPSA) is 77.2 Å². The number of aromatic nitrogens is 1. The van der Waals surface area contributed by atoms with Crippen molar-refractivity contribution in [3.8, 4) is 11.6 Å². The monoisotopic (exact) mass is 243 g/mol. The van der Waals surface area contributed by atoms with Crippen LogP contribution in [0.25, 0.3) is 0 Å². The van der Waals surface area contributed by atoms with Gasteiger partial charge < -0.3 is 15.8 Å². The van der Waals surface area contributed by atoms with Crippen LogP contribution in [-0.4, -0.2) is 17.9 Å². The third-order valence-electron chi connectivity index (χ3n) is 2.33. The molecule has 92 valence electrons. The molecule has 1 aromatic heterocycles. The highest BCUT2D eigenvalue weighted by molar-refractivity contribution is 5.94. The number of carbonyl (C=O) groups is 1. The fourth-order valence-electron chi connectivity index (χ4n) is 1.41. The summed E-state index contributed by atoms with van der Waals surface area (Å²) in [5.74, 6) is 0.797. The number of benzene rings is 1. The number of carbonyl (C=O) groups excluding carboxylic acids is 1. The van der Waals surface area contributed by atoms with Crippen molar-refractivity contribution in [2.45, 2.75) is 0 Å². The lowest BCUT2D eigenvalue weighted by Gasteiger charge is -2.06. The minimum Gasteiger partial charge on any atom is -0.439 e. The van der Waals surface area contributed by atoms with Crippen molar-refractivity contribution in [2.24, 2.45) is 0 Å². The molecule has 2 aromatic rings. The molecule has 0 saturated heterocycles. The van der Waals surface area contributed by atoms with Crippen LogP contribution in [0.5, 0.6) is 11.6 Å². The SMILES string of the molecule is CNC(=O)c1ccnc(Oc2ccc(N)cc2)c1. The van der Waals surface area contributed by atoms with Crippen LogP contribution in [0, 0.1) is 0 Å². The van der Waals surface area contributed by atoms with Gasteiger partial charge in [0.05, 0.1) is 0 Å². The summed E-state index contributed by atoms with van der Waals surface area (Å²) in [7, 11) is 1.57. The largest absolute Gasteiger partial charge is 0.439 e. The summed E-state index contributed by atoms with van der Waals surface area (Å²) in [6.45, 7) is 0. The number of hydrogen-bond donors (Lipinski definition) is 2. The van der Waals surface area contributed by atoms with Crippen molar-refractivity contribution in [2.75, 3.05) is 12.8 Å². The molecule has 1 heterocycles. The number of nitrogens with zero attached hydrogens (tertiary/aromatic N) is 1. The van der Waals surface area contributed by atoms with Crippen LogP contribution in [0.4, 0.5) is 5.69 Å². The lowest BCUT2D eigenvalue weighted by molar-refractivity contribution is 0.0962. The molecule has 0 aliphatic heterocycles. The van der Waals surface area contributed by atoms with Crippen molar-refractivity contribution in [3.63, 3.8) is 0 Å². The molecular formula is C13H13N3O2. The minimum absolute atomic E-state index is 0.181. The third-order valence-corrected chi connectivity index (χ3v) is 2.33. The highest BCUT2D eigenvalue weighted by Gasteiger charge is 2.05. The van der Waals surface area contributed by atoms with Crippen LogP contribution >= 0.6 is 0 Å². The van der Waals surface area contributed by atoms with Crippen LogP contribution in [-0.2, 0) is 0 Å². The number of nitrogen functional groups attached to an aromatic ring is 1. The van der Waals surface area contributed by atoms with E-state index >= 15 is 0 Å². The van der Waals surface area contributed by atoms with E-state index in [1.807, 2.05) is 0 Å². The number of amides is 1. The van der Waals surface area contributed by atoms with E-state index in [0.29, 0.717) is 22.9 Å². The lowest BCUT2D eigenvalue weighted by atomic mass is 10.2. The number of rotatable bonds is 3. The summed E-state index contributed by atoms with van der Waals surface area (Å²) in [5.41, 5.74) is 6.74. The van der Waals surface area contributed by atoms with Gasteiger partial charge in [0.1, 0.15) is 5.75 Å². The molecule has 3 N–H and O–H groups in total. The van der Waals surface area contributed by atoms with E-state index in [4.69, 9.17) is 10.5 Å². The number of nitrogens with two attached hydrogens (primary N) is 1. The van der Waals surface area contributed by atoms with Crippen LogP contribution in [0.1, 0.15) is 10.4 Å². The van der Waals surface area contributed by atoms with Gasteiger partial charge in [-0.1, -0.05) is 0 Å². The highest BCUT2D eigenvalue weighted by atomic mass is 16.5. The second kappa shape index (κ2) is 5.18. The van der Waals surface area contributed by atoms with Gasteiger partial charge in [0.15, 0.2) is 0 Å². The first-order valence-electron chi connectivity index (χ1n) is 5.40. The van der Waals surface area contributed by atoms with E-state index in [2.05, 4.69) is 10.3 Å². The number of pyridine rings is 1. The number of nitrogens with one attached hydrogen (secondary N) is 1. The molecule has 0 bridgehead atoms. The maximum absolute atomic E-state index is 11.5. The zero-order valence-corrected chi connectivity index (χ0v) is 9.88. The van der Waals surface area contributed by atoms with Crippen LogP contribution < -0.4 is 15.8 Å². The van der Waals surface area contributed by atoms with E-state index < -0.39 is 0 Å². The highest BCUT2D eigenvalue weighted by Crippen LogP contribution is 2.20. The molecule has 0 atom stereocenters. The summed E-state index contributed by atoms with van der Waals surface area (Å²) < 4.78 is 5.52. The molecule has 0 saturated carbocycles. The van der Waals surface area contributed by atoms with Crippen molar-refractivity contribution < 1.29 is 9.53 Å². The molecule has 0 unspecified atom stereocenters. The number of anilines is 1. The Hall–Kier alpha value is -2.56. The van der Waals surface area contributed by atoms with Gasteiger partial charge in [0.2, 0.25) is 5.88 Å². The number of ether oxygens (including phenoxy) is 1. The average molecular weight is 243 g/mol. The molecule has 5 nitrogen and oxygen atoms in total. The standard InChI is InChI=1S/C13H13N3O2/c1-15-13(17)9-6-7-16-12(8-9)18-11-4-2-10(14)3-5-11/h2-8H,14H2,1H3,(H,15,17). The van der Waals surface area contributed by atoms with Gasteiger partial charge in [0.25, 0.3) is 5.91 Å². The van der Waals surface area contributed by atoms with Crippen LogP contribution in [0.2, 0.25) is 0 Å². The van der Waals surface area contributed by atoms with E-state index in [1.165, 1.54) is 6.20 Å². The Kier molecular flexibility index (Phi) is 3.43. The van der Waals surface area contributed by atoms with Crippen molar-refractivity contribution in [1.29, 1.82) is 0 Å². The summed E-state index contributed by atoms with van der Waals surface area (Å²) in [5, 5.41) is 2.54. The smallest absolute Gasteiger partial charge is 0.251 e. The molecule has 0 fully saturated rings. The minimum atomic E-state index is -0.181. The molecule has 0 aliphatic rings. The maximum Gasteiger partial charge on any atom is 0.251 e. The van der Waals surface area contributed by atoms with Gasteiger partial charge in [-0.05, 0) is 30.3 Å². The Labute approximate surface area is 105 Å². The van der Waals surface area contributed by atoms with Gasteiger partial charge >= 0.3 is 0 Å². The van der Waals surface area contributed by atoms with Gasteiger partial charge in [-0.2, -0.15) is 0 Å².